The predicted octanol–water partition coefficient (Wildman–Crippen LogP) is 2.25. The van der Waals surface area contributed by atoms with Gasteiger partial charge in [0.25, 0.3) is 0 Å². The quantitative estimate of drug-likeness (QED) is 0.864. The summed E-state index contributed by atoms with van der Waals surface area (Å²) in [7, 11) is 1.60. The molecule has 100 valence electrons. The normalized spacial score (nSPS) is 11.9. The van der Waals surface area contributed by atoms with Gasteiger partial charge in [0.05, 0.1) is 20.3 Å². The van der Waals surface area contributed by atoms with Crippen LogP contribution >= 0.6 is 0 Å². The molecule has 0 aliphatic rings. The average Bonchev–Trinajstić information content (AvgIpc) is 2.49. The van der Waals surface area contributed by atoms with E-state index in [4.69, 9.17) is 9.47 Å². The van der Waals surface area contributed by atoms with Crippen LogP contribution in [0.1, 0.15) is 11.5 Å². The number of benzene rings is 1. The number of rotatable bonds is 6. The third kappa shape index (κ3) is 3.45. The van der Waals surface area contributed by atoms with Gasteiger partial charge in [-0.2, -0.15) is 0 Å². The lowest BCUT2D eigenvalue weighted by molar-refractivity contribution is 0.200. The number of hydrogen-bond acceptors (Lipinski definition) is 4. The lowest BCUT2D eigenvalue weighted by Gasteiger charge is -2.16. The van der Waals surface area contributed by atoms with E-state index in [9.17, 15) is 5.11 Å². The highest BCUT2D eigenvalue weighted by atomic mass is 16.5. The zero-order chi connectivity index (χ0) is 13.5. The standard InChI is InChI=1S/C15H17NO3/c1-18-14-6-2-3-7-15(14)19-11-13(10-17)12-5-4-8-16-9-12/h2-9,13,17H,10-11H2,1H3. The molecule has 4 heteroatoms. The summed E-state index contributed by atoms with van der Waals surface area (Å²) in [4.78, 5) is 4.05. The van der Waals surface area contributed by atoms with Crippen LogP contribution in [0.3, 0.4) is 0 Å². The molecule has 1 heterocycles. The molecule has 1 unspecified atom stereocenters. The van der Waals surface area contributed by atoms with E-state index in [2.05, 4.69) is 4.98 Å². The third-order valence-corrected chi connectivity index (χ3v) is 2.89. The van der Waals surface area contributed by atoms with Crippen LogP contribution in [0.15, 0.2) is 48.8 Å². The Balaban J connectivity index is 2.04. The zero-order valence-electron chi connectivity index (χ0n) is 10.8. The van der Waals surface area contributed by atoms with E-state index in [1.807, 2.05) is 36.4 Å². The molecule has 0 fully saturated rings. The van der Waals surface area contributed by atoms with E-state index in [0.29, 0.717) is 18.1 Å². The molecule has 1 aromatic carbocycles. The molecule has 4 nitrogen and oxygen atoms in total. The largest absolute Gasteiger partial charge is 0.493 e. The molecule has 2 rings (SSSR count). The Morgan fingerprint density at radius 3 is 2.58 bits per heavy atom. The molecular weight excluding hydrogens is 242 g/mol. The molecule has 19 heavy (non-hydrogen) atoms. The molecule has 0 radical (unpaired) electrons. The summed E-state index contributed by atoms with van der Waals surface area (Å²) < 4.78 is 10.9. The molecule has 0 aliphatic carbocycles. The van der Waals surface area contributed by atoms with E-state index in [-0.39, 0.29) is 12.5 Å². The van der Waals surface area contributed by atoms with E-state index >= 15 is 0 Å². The minimum atomic E-state index is -0.0985. The van der Waals surface area contributed by atoms with Crippen molar-refractivity contribution in [1.29, 1.82) is 0 Å². The minimum Gasteiger partial charge on any atom is -0.493 e. The van der Waals surface area contributed by atoms with Gasteiger partial charge in [-0.3, -0.25) is 4.98 Å². The van der Waals surface area contributed by atoms with Crippen LogP contribution in [0.2, 0.25) is 0 Å². The summed E-state index contributed by atoms with van der Waals surface area (Å²) in [6.07, 6.45) is 3.45. The van der Waals surface area contributed by atoms with Crippen molar-refractivity contribution in [3.8, 4) is 11.5 Å². The summed E-state index contributed by atoms with van der Waals surface area (Å²) in [6.45, 7) is 0.392. The summed E-state index contributed by atoms with van der Waals surface area (Å²) >= 11 is 0. The SMILES string of the molecule is COc1ccccc1OCC(CO)c1cccnc1. The van der Waals surface area contributed by atoms with Crippen molar-refractivity contribution in [1.82, 2.24) is 4.98 Å². The van der Waals surface area contributed by atoms with Gasteiger partial charge >= 0.3 is 0 Å². The van der Waals surface area contributed by atoms with Crippen molar-refractivity contribution < 1.29 is 14.6 Å². The molecule has 1 atom stereocenters. The van der Waals surface area contributed by atoms with Crippen molar-refractivity contribution in [2.75, 3.05) is 20.3 Å². The Morgan fingerprint density at radius 2 is 1.95 bits per heavy atom. The van der Waals surface area contributed by atoms with Crippen molar-refractivity contribution in [3.05, 3.63) is 54.4 Å². The number of hydrogen-bond donors (Lipinski definition) is 1. The van der Waals surface area contributed by atoms with Crippen molar-refractivity contribution in [2.45, 2.75) is 5.92 Å². The second kappa shape index (κ2) is 6.75. The van der Waals surface area contributed by atoms with Crippen LogP contribution in [0.4, 0.5) is 0 Å². The van der Waals surface area contributed by atoms with Crippen LogP contribution in [-0.2, 0) is 0 Å². The Kier molecular flexibility index (Phi) is 4.75. The molecule has 0 bridgehead atoms. The zero-order valence-corrected chi connectivity index (χ0v) is 10.8. The fourth-order valence-electron chi connectivity index (χ4n) is 1.80. The highest BCUT2D eigenvalue weighted by Gasteiger charge is 2.12. The maximum absolute atomic E-state index is 9.44. The maximum Gasteiger partial charge on any atom is 0.161 e. The highest BCUT2D eigenvalue weighted by Crippen LogP contribution is 2.27. The van der Waals surface area contributed by atoms with Gasteiger partial charge in [0, 0.05) is 18.3 Å². The molecular formula is C15H17NO3. The first-order valence-electron chi connectivity index (χ1n) is 6.11. The van der Waals surface area contributed by atoms with E-state index < -0.39 is 0 Å². The van der Waals surface area contributed by atoms with E-state index in [1.165, 1.54) is 0 Å². The van der Waals surface area contributed by atoms with Crippen LogP contribution in [-0.4, -0.2) is 30.4 Å². The molecule has 0 aliphatic heterocycles. The molecule has 0 saturated carbocycles. The molecule has 2 aromatic rings. The highest BCUT2D eigenvalue weighted by molar-refractivity contribution is 5.39. The first-order chi connectivity index (χ1) is 9.35. The summed E-state index contributed by atoms with van der Waals surface area (Å²) in [5, 5.41) is 9.44. The second-order valence-electron chi connectivity index (χ2n) is 4.13. The first kappa shape index (κ1) is 13.4. The number of para-hydroxylation sites is 2. The third-order valence-electron chi connectivity index (χ3n) is 2.89. The second-order valence-corrected chi connectivity index (χ2v) is 4.13. The topological polar surface area (TPSA) is 51.6 Å². The molecule has 1 N–H and O–H groups in total. The van der Waals surface area contributed by atoms with E-state index in [0.717, 1.165) is 5.56 Å². The molecule has 0 amide bonds. The van der Waals surface area contributed by atoms with Crippen LogP contribution in [0.5, 0.6) is 11.5 Å². The Morgan fingerprint density at radius 1 is 1.16 bits per heavy atom. The summed E-state index contributed by atoms with van der Waals surface area (Å²) in [6, 6.07) is 11.2. The fraction of sp³-hybridized carbons (Fsp3) is 0.267. The van der Waals surface area contributed by atoms with Crippen LogP contribution in [0, 0.1) is 0 Å². The number of aliphatic hydroxyl groups is 1. The van der Waals surface area contributed by atoms with Gasteiger partial charge in [0.1, 0.15) is 0 Å². The van der Waals surface area contributed by atoms with Gasteiger partial charge in [-0.1, -0.05) is 18.2 Å². The average molecular weight is 259 g/mol. The van der Waals surface area contributed by atoms with Gasteiger partial charge in [0.15, 0.2) is 11.5 Å². The van der Waals surface area contributed by atoms with Gasteiger partial charge in [-0.05, 0) is 23.8 Å². The smallest absolute Gasteiger partial charge is 0.161 e. The first-order valence-corrected chi connectivity index (χ1v) is 6.11. The lowest BCUT2D eigenvalue weighted by atomic mass is 10.0. The summed E-state index contributed by atoms with van der Waals surface area (Å²) in [5.41, 5.74) is 0.958. The number of aliphatic hydroxyl groups excluding tert-OH is 1. The molecule has 1 aromatic heterocycles. The fourth-order valence-corrected chi connectivity index (χ4v) is 1.80. The van der Waals surface area contributed by atoms with E-state index in [1.54, 1.807) is 19.5 Å². The van der Waals surface area contributed by atoms with Crippen LogP contribution < -0.4 is 9.47 Å². The monoisotopic (exact) mass is 259 g/mol. The Bertz CT molecular complexity index is 502. The lowest BCUT2D eigenvalue weighted by Crippen LogP contribution is -2.14. The van der Waals surface area contributed by atoms with Gasteiger partial charge in [-0.15, -0.1) is 0 Å². The maximum atomic E-state index is 9.44. The summed E-state index contributed by atoms with van der Waals surface area (Å²) in [5.74, 6) is 1.26. The van der Waals surface area contributed by atoms with Crippen molar-refractivity contribution >= 4 is 0 Å². The number of aromatic nitrogens is 1. The number of methoxy groups -OCH3 is 1. The minimum absolute atomic E-state index is 0.0147. The van der Waals surface area contributed by atoms with Gasteiger partial charge < -0.3 is 14.6 Å². The Labute approximate surface area is 112 Å². The predicted molar refractivity (Wildman–Crippen MR) is 72.6 cm³/mol. The Hall–Kier alpha value is -2.07. The number of pyridine rings is 1. The van der Waals surface area contributed by atoms with Gasteiger partial charge in [-0.25, -0.2) is 0 Å². The molecule has 0 saturated heterocycles. The van der Waals surface area contributed by atoms with Crippen molar-refractivity contribution in [2.24, 2.45) is 0 Å². The number of nitrogens with zero attached hydrogens (tertiary/aromatic N) is 1. The van der Waals surface area contributed by atoms with Crippen LogP contribution in [0.25, 0.3) is 0 Å². The molecule has 0 spiro atoms. The number of ether oxygens (including phenoxy) is 2. The van der Waals surface area contributed by atoms with Crippen molar-refractivity contribution in [3.63, 3.8) is 0 Å². The van der Waals surface area contributed by atoms with Gasteiger partial charge in [0.2, 0.25) is 0 Å².